The number of hydrogen-bond acceptors (Lipinski definition) is 7. The third kappa shape index (κ3) is 5.12. The van der Waals surface area contributed by atoms with Gasteiger partial charge in [-0.1, -0.05) is 29.5 Å². The van der Waals surface area contributed by atoms with E-state index in [1.807, 2.05) is 31.2 Å². The van der Waals surface area contributed by atoms with Crippen molar-refractivity contribution in [1.29, 1.82) is 0 Å². The molecular weight excluding hydrogens is 442 g/mol. The molecule has 168 valence electrons. The number of esters is 1. The molecule has 1 amide bonds. The molecule has 2 aromatic carbocycles. The molecule has 0 radical (unpaired) electrons. The molecule has 1 N–H and O–H groups in total. The van der Waals surface area contributed by atoms with Gasteiger partial charge in [-0.3, -0.25) is 4.79 Å². The summed E-state index contributed by atoms with van der Waals surface area (Å²) in [6.45, 7) is 3.75. The second-order valence-electron chi connectivity index (χ2n) is 7.13. The van der Waals surface area contributed by atoms with Crippen molar-refractivity contribution >= 4 is 35.0 Å². The third-order valence-electron chi connectivity index (χ3n) is 4.68. The number of nitrogens with one attached hydrogen (secondary N) is 1. The molecule has 4 aromatic rings. The first kappa shape index (κ1) is 22.3. The SMILES string of the molecule is CCOC(=O)c1ccc(NC(=O)Cn2nc3c(Sc4ccc(C)cc4)nccn3c2=O)cc1. The number of anilines is 1. The topological polar surface area (TPSA) is 108 Å². The van der Waals surface area contributed by atoms with Crippen molar-refractivity contribution in [3.05, 3.63) is 82.5 Å². The van der Waals surface area contributed by atoms with E-state index in [2.05, 4.69) is 15.4 Å². The number of aromatic nitrogens is 4. The minimum atomic E-state index is -0.439. The van der Waals surface area contributed by atoms with Crippen LogP contribution < -0.4 is 11.0 Å². The van der Waals surface area contributed by atoms with Crippen LogP contribution in [0.2, 0.25) is 0 Å². The van der Waals surface area contributed by atoms with Crippen LogP contribution in [-0.4, -0.2) is 37.6 Å². The molecule has 0 atom stereocenters. The lowest BCUT2D eigenvalue weighted by Crippen LogP contribution is -2.28. The van der Waals surface area contributed by atoms with Gasteiger partial charge in [-0.05, 0) is 50.2 Å². The van der Waals surface area contributed by atoms with E-state index in [9.17, 15) is 14.4 Å². The Bertz CT molecular complexity index is 1360. The Morgan fingerprint density at radius 1 is 1.09 bits per heavy atom. The van der Waals surface area contributed by atoms with Crippen molar-refractivity contribution in [1.82, 2.24) is 19.2 Å². The Kier molecular flexibility index (Phi) is 6.55. The summed E-state index contributed by atoms with van der Waals surface area (Å²) < 4.78 is 7.40. The number of rotatable bonds is 7. The summed E-state index contributed by atoms with van der Waals surface area (Å²) in [4.78, 5) is 42.3. The van der Waals surface area contributed by atoms with E-state index in [-0.39, 0.29) is 13.2 Å². The Labute approximate surface area is 193 Å². The maximum Gasteiger partial charge on any atom is 0.350 e. The zero-order valence-electron chi connectivity index (χ0n) is 18.0. The number of amides is 1. The predicted molar refractivity (Wildman–Crippen MR) is 124 cm³/mol. The Morgan fingerprint density at radius 2 is 1.82 bits per heavy atom. The van der Waals surface area contributed by atoms with Gasteiger partial charge >= 0.3 is 11.7 Å². The molecular formula is C23H21N5O4S. The van der Waals surface area contributed by atoms with Crippen LogP contribution in [0, 0.1) is 6.92 Å². The van der Waals surface area contributed by atoms with Crippen LogP contribution in [0.15, 0.2) is 75.6 Å². The van der Waals surface area contributed by atoms with Gasteiger partial charge in [0.1, 0.15) is 11.6 Å². The molecule has 0 aliphatic heterocycles. The Balaban J connectivity index is 1.50. The summed E-state index contributed by atoms with van der Waals surface area (Å²) >= 11 is 1.39. The normalized spacial score (nSPS) is 10.8. The number of carbonyl (C=O) groups is 2. The van der Waals surface area contributed by atoms with Gasteiger partial charge in [0.25, 0.3) is 0 Å². The highest BCUT2D eigenvalue weighted by Gasteiger charge is 2.15. The van der Waals surface area contributed by atoms with E-state index in [1.165, 1.54) is 28.6 Å². The lowest BCUT2D eigenvalue weighted by molar-refractivity contribution is -0.117. The van der Waals surface area contributed by atoms with E-state index in [4.69, 9.17) is 4.74 Å². The molecule has 2 aromatic heterocycles. The number of ether oxygens (including phenoxy) is 1. The molecule has 4 rings (SSSR count). The molecule has 0 aliphatic carbocycles. The summed E-state index contributed by atoms with van der Waals surface area (Å²) in [5.74, 6) is -0.857. The highest BCUT2D eigenvalue weighted by Crippen LogP contribution is 2.28. The highest BCUT2D eigenvalue weighted by molar-refractivity contribution is 7.99. The smallest absolute Gasteiger partial charge is 0.350 e. The molecule has 0 aliphatic rings. The van der Waals surface area contributed by atoms with E-state index in [1.54, 1.807) is 31.2 Å². The van der Waals surface area contributed by atoms with E-state index in [0.717, 1.165) is 15.1 Å². The summed E-state index contributed by atoms with van der Waals surface area (Å²) in [5, 5.41) is 7.59. The molecule has 0 fully saturated rings. The molecule has 0 saturated carbocycles. The average molecular weight is 464 g/mol. The second kappa shape index (κ2) is 9.70. The van der Waals surface area contributed by atoms with Crippen molar-refractivity contribution in [2.75, 3.05) is 11.9 Å². The van der Waals surface area contributed by atoms with Crippen molar-refractivity contribution < 1.29 is 14.3 Å². The van der Waals surface area contributed by atoms with E-state index < -0.39 is 17.6 Å². The van der Waals surface area contributed by atoms with Gasteiger partial charge in [0.2, 0.25) is 5.91 Å². The fourth-order valence-corrected chi connectivity index (χ4v) is 3.90. The fourth-order valence-electron chi connectivity index (χ4n) is 3.06. The van der Waals surface area contributed by atoms with Crippen LogP contribution in [0.3, 0.4) is 0 Å². The van der Waals surface area contributed by atoms with Crippen LogP contribution in [0.25, 0.3) is 5.65 Å². The van der Waals surface area contributed by atoms with Crippen molar-refractivity contribution in [2.24, 2.45) is 0 Å². The second-order valence-corrected chi connectivity index (χ2v) is 8.19. The molecule has 0 unspecified atom stereocenters. The van der Waals surface area contributed by atoms with Crippen molar-refractivity contribution in [2.45, 2.75) is 30.3 Å². The van der Waals surface area contributed by atoms with Gasteiger partial charge in [0, 0.05) is 23.0 Å². The highest BCUT2D eigenvalue weighted by atomic mass is 32.2. The number of nitrogens with zero attached hydrogens (tertiary/aromatic N) is 4. The lowest BCUT2D eigenvalue weighted by atomic mass is 10.2. The minimum absolute atomic E-state index is 0.269. The van der Waals surface area contributed by atoms with E-state index >= 15 is 0 Å². The summed E-state index contributed by atoms with van der Waals surface area (Å²) in [7, 11) is 0. The number of benzene rings is 2. The largest absolute Gasteiger partial charge is 0.462 e. The predicted octanol–water partition coefficient (Wildman–Crippen LogP) is 3.17. The monoisotopic (exact) mass is 463 g/mol. The molecule has 0 spiro atoms. The van der Waals surface area contributed by atoms with Gasteiger partial charge in [-0.15, -0.1) is 5.10 Å². The zero-order chi connectivity index (χ0) is 23.4. The molecule has 0 saturated heterocycles. The maximum absolute atomic E-state index is 12.7. The first-order valence-corrected chi connectivity index (χ1v) is 11.0. The number of aryl methyl sites for hydroxylation is 1. The minimum Gasteiger partial charge on any atom is -0.462 e. The van der Waals surface area contributed by atoms with Gasteiger partial charge in [-0.25, -0.2) is 23.7 Å². The Morgan fingerprint density at radius 3 is 2.52 bits per heavy atom. The van der Waals surface area contributed by atoms with Gasteiger partial charge < -0.3 is 10.1 Å². The molecule has 33 heavy (non-hydrogen) atoms. The third-order valence-corrected chi connectivity index (χ3v) is 5.67. The van der Waals surface area contributed by atoms with Crippen molar-refractivity contribution in [3.63, 3.8) is 0 Å². The molecule has 0 bridgehead atoms. The standard InChI is InChI=1S/C23H21N5O4S/c1-3-32-22(30)16-6-8-17(9-7-16)25-19(29)14-28-23(31)27-13-12-24-21(20(27)26-28)33-18-10-4-15(2)5-11-18/h4-13H,3,14H2,1-2H3,(H,25,29). The fraction of sp³-hybridized carbons (Fsp3) is 0.174. The van der Waals surface area contributed by atoms with Gasteiger partial charge in [0.15, 0.2) is 5.65 Å². The molecule has 2 heterocycles. The number of hydrogen-bond donors (Lipinski definition) is 1. The quantitative estimate of drug-likeness (QED) is 0.420. The first-order chi connectivity index (χ1) is 15.9. The van der Waals surface area contributed by atoms with Crippen LogP contribution >= 0.6 is 11.8 Å². The van der Waals surface area contributed by atoms with Gasteiger partial charge in [0.05, 0.1) is 12.2 Å². The first-order valence-electron chi connectivity index (χ1n) is 10.2. The summed E-state index contributed by atoms with van der Waals surface area (Å²) in [6.07, 6.45) is 3.05. The summed E-state index contributed by atoms with van der Waals surface area (Å²) in [6, 6.07) is 14.2. The van der Waals surface area contributed by atoms with Crippen LogP contribution in [0.5, 0.6) is 0 Å². The van der Waals surface area contributed by atoms with Crippen LogP contribution in [0.4, 0.5) is 5.69 Å². The maximum atomic E-state index is 12.7. The average Bonchev–Trinajstić information content (AvgIpc) is 3.12. The number of fused-ring (bicyclic) bond motifs is 1. The van der Waals surface area contributed by atoms with Crippen LogP contribution in [-0.2, 0) is 16.1 Å². The summed E-state index contributed by atoms with van der Waals surface area (Å²) in [5.41, 5.74) is 1.96. The molecule has 9 nitrogen and oxygen atoms in total. The molecule has 10 heteroatoms. The number of carbonyl (C=O) groups excluding carboxylic acids is 2. The Hall–Kier alpha value is -3.92. The van der Waals surface area contributed by atoms with Crippen molar-refractivity contribution in [3.8, 4) is 0 Å². The lowest BCUT2D eigenvalue weighted by Gasteiger charge is -2.06. The zero-order valence-corrected chi connectivity index (χ0v) is 18.8. The van der Waals surface area contributed by atoms with Crippen LogP contribution in [0.1, 0.15) is 22.8 Å². The van der Waals surface area contributed by atoms with E-state index in [0.29, 0.717) is 21.9 Å². The van der Waals surface area contributed by atoms with Gasteiger partial charge in [-0.2, -0.15) is 0 Å².